The number of nitrogens with zero attached hydrogens (tertiary/aromatic N) is 3. The van der Waals surface area contributed by atoms with Gasteiger partial charge in [-0.25, -0.2) is 4.98 Å². The summed E-state index contributed by atoms with van der Waals surface area (Å²) in [5.74, 6) is 0.911. The molecule has 0 aliphatic rings. The predicted octanol–water partition coefficient (Wildman–Crippen LogP) is 6.39. The molecule has 0 spiro atoms. The number of hydrogen-bond acceptors (Lipinski definition) is 5. The molecule has 1 aromatic heterocycles. The number of carbonyl (C=O) groups excluding carboxylic acids is 1. The number of thiazole rings is 1. The summed E-state index contributed by atoms with van der Waals surface area (Å²) in [6, 6.07) is 11.7. The Morgan fingerprint density at radius 1 is 1.17 bits per heavy atom. The molecule has 3 rings (SSSR count). The van der Waals surface area contributed by atoms with E-state index in [1.807, 2.05) is 62.3 Å². The molecule has 0 atom stereocenters. The highest BCUT2D eigenvalue weighted by Gasteiger charge is 2.24. The van der Waals surface area contributed by atoms with Gasteiger partial charge in [-0.3, -0.25) is 9.69 Å². The summed E-state index contributed by atoms with van der Waals surface area (Å²) in [7, 11) is 4.08. The van der Waals surface area contributed by atoms with Crippen LogP contribution in [0.4, 0.5) is 5.13 Å². The van der Waals surface area contributed by atoms with Crippen LogP contribution in [0.1, 0.15) is 29.3 Å². The topological polar surface area (TPSA) is 36.4 Å². The van der Waals surface area contributed by atoms with E-state index in [4.69, 9.17) is 16.6 Å². The average molecular weight is 485 g/mol. The fraction of sp³-hybridized carbons (Fsp3) is 0.364. The second kappa shape index (κ2) is 11.3. The van der Waals surface area contributed by atoms with E-state index >= 15 is 0 Å². The Hall–Kier alpha value is -1.31. The van der Waals surface area contributed by atoms with E-state index in [1.165, 1.54) is 11.3 Å². The molecule has 1 heterocycles. The summed E-state index contributed by atoms with van der Waals surface area (Å²) in [6.45, 7) is 5.63. The van der Waals surface area contributed by atoms with Crippen LogP contribution in [0.2, 0.25) is 5.02 Å². The summed E-state index contributed by atoms with van der Waals surface area (Å²) < 4.78 is 0.934. The molecule has 0 saturated heterocycles. The standard InChI is InChI=1S/C22H26ClN3OS2.ClH/c1-5-28-18-10-7-6-9-16(18)21(27)26(14-8-13-25(3)4)22-24-19-15(2)11-12-17(23)20(19)29-22;/h6-7,9-12H,5,8,13-14H2,1-4H3;1H. The van der Waals surface area contributed by atoms with Gasteiger partial charge >= 0.3 is 0 Å². The minimum atomic E-state index is -0.00635. The van der Waals surface area contributed by atoms with Crippen molar-refractivity contribution < 1.29 is 4.79 Å². The molecule has 0 unspecified atom stereocenters. The van der Waals surface area contributed by atoms with Crippen molar-refractivity contribution in [3.8, 4) is 0 Å². The van der Waals surface area contributed by atoms with E-state index in [-0.39, 0.29) is 18.3 Å². The molecule has 0 aliphatic heterocycles. The second-order valence-electron chi connectivity index (χ2n) is 7.08. The van der Waals surface area contributed by atoms with Crippen LogP contribution in [0.3, 0.4) is 0 Å². The Kier molecular flexibility index (Phi) is 9.44. The van der Waals surface area contributed by atoms with E-state index < -0.39 is 0 Å². The number of anilines is 1. The van der Waals surface area contributed by atoms with E-state index in [0.29, 0.717) is 16.7 Å². The molecule has 0 N–H and O–H groups in total. The Labute approximate surface area is 198 Å². The average Bonchev–Trinajstić information content (AvgIpc) is 3.15. The molecule has 3 aromatic rings. The monoisotopic (exact) mass is 483 g/mol. The van der Waals surface area contributed by atoms with Gasteiger partial charge in [0.05, 0.1) is 20.8 Å². The number of benzene rings is 2. The van der Waals surface area contributed by atoms with Crippen molar-refractivity contribution in [1.82, 2.24) is 9.88 Å². The van der Waals surface area contributed by atoms with Gasteiger partial charge in [-0.1, -0.05) is 48.1 Å². The van der Waals surface area contributed by atoms with Crippen molar-refractivity contribution in [1.29, 1.82) is 0 Å². The molecular formula is C22H27Cl2N3OS2. The van der Waals surface area contributed by atoms with Gasteiger partial charge in [-0.05, 0) is 63.5 Å². The highest BCUT2D eigenvalue weighted by atomic mass is 35.5. The van der Waals surface area contributed by atoms with Gasteiger partial charge in [0.15, 0.2) is 5.13 Å². The maximum atomic E-state index is 13.6. The van der Waals surface area contributed by atoms with Crippen LogP contribution in [0.25, 0.3) is 10.2 Å². The number of hydrogen-bond donors (Lipinski definition) is 0. The second-order valence-corrected chi connectivity index (χ2v) is 9.77. The number of aryl methyl sites for hydroxylation is 1. The van der Waals surface area contributed by atoms with Crippen molar-refractivity contribution in [2.75, 3.05) is 37.8 Å². The third-order valence-corrected chi connectivity index (χ3v) is 7.06. The lowest BCUT2D eigenvalue weighted by atomic mass is 10.2. The predicted molar refractivity (Wildman–Crippen MR) is 134 cm³/mol. The van der Waals surface area contributed by atoms with Gasteiger partial charge in [-0.2, -0.15) is 0 Å². The Bertz CT molecular complexity index is 968. The fourth-order valence-electron chi connectivity index (χ4n) is 3.11. The molecule has 30 heavy (non-hydrogen) atoms. The molecule has 0 bridgehead atoms. The summed E-state index contributed by atoms with van der Waals surface area (Å²) in [6.07, 6.45) is 0.866. The lowest BCUT2D eigenvalue weighted by molar-refractivity contribution is 0.0983. The maximum absolute atomic E-state index is 13.6. The van der Waals surface area contributed by atoms with Gasteiger partial charge in [0, 0.05) is 11.4 Å². The molecule has 2 aromatic carbocycles. The first-order chi connectivity index (χ1) is 13.9. The molecule has 0 aliphatic carbocycles. The first-order valence-corrected chi connectivity index (χ1v) is 11.8. The molecule has 1 amide bonds. The maximum Gasteiger partial charge on any atom is 0.261 e. The van der Waals surface area contributed by atoms with Crippen molar-refractivity contribution in [2.24, 2.45) is 0 Å². The number of aromatic nitrogens is 1. The smallest absolute Gasteiger partial charge is 0.261 e. The fourth-order valence-corrected chi connectivity index (χ4v) is 5.24. The Morgan fingerprint density at radius 3 is 2.57 bits per heavy atom. The molecular weight excluding hydrogens is 457 g/mol. The van der Waals surface area contributed by atoms with Gasteiger partial charge < -0.3 is 4.90 Å². The highest BCUT2D eigenvalue weighted by Crippen LogP contribution is 2.36. The summed E-state index contributed by atoms with van der Waals surface area (Å²) in [5.41, 5.74) is 2.67. The Balaban J connectivity index is 0.00000320. The van der Waals surface area contributed by atoms with E-state index in [1.54, 1.807) is 11.8 Å². The van der Waals surface area contributed by atoms with Crippen LogP contribution >= 0.6 is 47.1 Å². The molecule has 0 fully saturated rings. The van der Waals surface area contributed by atoms with Gasteiger partial charge in [0.1, 0.15) is 0 Å². The summed E-state index contributed by atoms with van der Waals surface area (Å²) >= 11 is 9.59. The van der Waals surface area contributed by atoms with E-state index in [0.717, 1.165) is 45.0 Å². The molecule has 162 valence electrons. The SMILES string of the molecule is CCSc1ccccc1C(=O)N(CCCN(C)C)c1nc2c(C)ccc(Cl)c2s1.Cl. The van der Waals surface area contributed by atoms with Gasteiger partial charge in [-0.15, -0.1) is 24.2 Å². The van der Waals surface area contributed by atoms with Gasteiger partial charge in [0.25, 0.3) is 5.91 Å². The van der Waals surface area contributed by atoms with Crippen molar-refractivity contribution in [3.63, 3.8) is 0 Å². The molecule has 4 nitrogen and oxygen atoms in total. The number of carbonyl (C=O) groups is 1. The third-order valence-electron chi connectivity index (χ3n) is 4.57. The minimum Gasteiger partial charge on any atom is -0.309 e. The first kappa shape index (κ1) is 25.0. The number of rotatable bonds is 8. The van der Waals surface area contributed by atoms with Crippen LogP contribution in [-0.4, -0.2) is 48.7 Å². The van der Waals surface area contributed by atoms with Crippen molar-refractivity contribution >= 4 is 68.4 Å². The lowest BCUT2D eigenvalue weighted by Gasteiger charge is -2.22. The van der Waals surface area contributed by atoms with Crippen LogP contribution in [0.5, 0.6) is 0 Å². The van der Waals surface area contributed by atoms with Gasteiger partial charge in [0.2, 0.25) is 0 Å². The quantitative estimate of drug-likeness (QED) is 0.347. The summed E-state index contributed by atoms with van der Waals surface area (Å²) in [4.78, 5) is 23.4. The van der Waals surface area contributed by atoms with E-state index in [9.17, 15) is 4.79 Å². The molecule has 0 saturated carbocycles. The largest absolute Gasteiger partial charge is 0.309 e. The third kappa shape index (κ3) is 5.68. The zero-order valence-corrected chi connectivity index (χ0v) is 20.9. The van der Waals surface area contributed by atoms with Crippen molar-refractivity contribution in [2.45, 2.75) is 25.2 Å². The first-order valence-electron chi connectivity index (χ1n) is 9.66. The number of thioether (sulfide) groups is 1. The number of fused-ring (bicyclic) bond motifs is 1. The Morgan fingerprint density at radius 2 is 1.90 bits per heavy atom. The number of amides is 1. The number of halogens is 2. The highest BCUT2D eigenvalue weighted by molar-refractivity contribution is 7.99. The van der Waals surface area contributed by atoms with Crippen LogP contribution in [-0.2, 0) is 0 Å². The van der Waals surface area contributed by atoms with Crippen LogP contribution in [0.15, 0.2) is 41.3 Å². The molecule has 0 radical (unpaired) electrons. The van der Waals surface area contributed by atoms with Crippen LogP contribution < -0.4 is 4.90 Å². The zero-order valence-electron chi connectivity index (χ0n) is 17.6. The minimum absolute atomic E-state index is 0. The van der Waals surface area contributed by atoms with Crippen LogP contribution in [0, 0.1) is 6.92 Å². The van der Waals surface area contributed by atoms with Crippen molar-refractivity contribution in [3.05, 3.63) is 52.5 Å². The van der Waals surface area contributed by atoms with E-state index in [2.05, 4.69) is 11.8 Å². The lowest BCUT2D eigenvalue weighted by Crippen LogP contribution is -2.33. The molecule has 8 heteroatoms. The normalized spacial score (nSPS) is 11.0. The zero-order chi connectivity index (χ0) is 21.0. The summed E-state index contributed by atoms with van der Waals surface area (Å²) in [5, 5.41) is 1.38.